The van der Waals surface area contributed by atoms with Crippen molar-refractivity contribution in [3.05, 3.63) is 95.7 Å². The molecule has 4 N–H and O–H groups in total. The largest absolute Gasteiger partial charge is 0.481 e. The van der Waals surface area contributed by atoms with Gasteiger partial charge >= 0.3 is 5.97 Å². The highest BCUT2D eigenvalue weighted by Crippen LogP contribution is 2.42. The Labute approximate surface area is 255 Å². The standard InChI is InChI=1S/C34H36FN3O6/c1-20(2)32-31(34(44)37-26-12-8-22(9-13-26)21(3)39)30(24-5-4-15-36-19-24)33(23-6-10-25(35)11-7-23)38(32)16-14-27(40)17-28(41)18-29(42)43/h4-13,15,19-20,27-28,40-41H,14,16-18H2,1-3H3,(H,37,44)(H,42,43)/t27-,28-/m1/s1. The average Bonchev–Trinajstić information content (AvgIpc) is 3.32. The molecule has 1 amide bonds. The summed E-state index contributed by atoms with van der Waals surface area (Å²) in [6, 6.07) is 16.1. The van der Waals surface area contributed by atoms with Gasteiger partial charge in [0.2, 0.25) is 0 Å². The zero-order valence-corrected chi connectivity index (χ0v) is 24.8. The fourth-order valence-corrected chi connectivity index (χ4v) is 5.38. The van der Waals surface area contributed by atoms with Crippen LogP contribution < -0.4 is 5.32 Å². The zero-order chi connectivity index (χ0) is 32.0. The van der Waals surface area contributed by atoms with E-state index in [1.807, 2.05) is 24.5 Å². The lowest BCUT2D eigenvalue weighted by atomic mass is 9.95. The van der Waals surface area contributed by atoms with E-state index in [1.165, 1.54) is 19.1 Å². The van der Waals surface area contributed by atoms with E-state index in [4.69, 9.17) is 5.11 Å². The summed E-state index contributed by atoms with van der Waals surface area (Å²) in [7, 11) is 0. The number of nitrogens with zero attached hydrogens (tertiary/aromatic N) is 2. The number of nitrogens with one attached hydrogen (secondary N) is 1. The molecular weight excluding hydrogens is 565 g/mol. The first kappa shape index (κ1) is 32.2. The molecule has 2 aromatic carbocycles. The van der Waals surface area contributed by atoms with Crippen LogP contribution >= 0.6 is 0 Å². The van der Waals surface area contributed by atoms with Gasteiger partial charge in [-0.3, -0.25) is 19.4 Å². The lowest BCUT2D eigenvalue weighted by molar-refractivity contribution is -0.139. The van der Waals surface area contributed by atoms with Crippen molar-refractivity contribution in [2.24, 2.45) is 0 Å². The summed E-state index contributed by atoms with van der Waals surface area (Å²) in [5.41, 5.74) is 4.54. The van der Waals surface area contributed by atoms with Gasteiger partial charge in [0.15, 0.2) is 5.78 Å². The highest BCUT2D eigenvalue weighted by molar-refractivity contribution is 6.12. The average molecular weight is 602 g/mol. The number of carbonyl (C=O) groups excluding carboxylic acids is 2. The number of rotatable bonds is 13. The number of carbonyl (C=O) groups is 3. The number of hydrogen-bond acceptors (Lipinski definition) is 6. The number of aliphatic hydroxyl groups is 2. The van der Waals surface area contributed by atoms with Crippen molar-refractivity contribution < 1.29 is 34.1 Å². The molecule has 0 bridgehead atoms. The Morgan fingerprint density at radius 2 is 1.64 bits per heavy atom. The van der Waals surface area contributed by atoms with Crippen LogP contribution in [0.1, 0.15) is 72.4 Å². The molecule has 0 fully saturated rings. The van der Waals surface area contributed by atoms with Crippen LogP contribution in [0.15, 0.2) is 73.1 Å². The number of carboxylic acid groups (broad SMARTS) is 1. The van der Waals surface area contributed by atoms with Crippen molar-refractivity contribution in [1.29, 1.82) is 0 Å². The molecule has 0 unspecified atom stereocenters. The Kier molecular flexibility index (Phi) is 10.4. The van der Waals surface area contributed by atoms with Crippen molar-refractivity contribution >= 4 is 23.3 Å². The summed E-state index contributed by atoms with van der Waals surface area (Å²) in [5.74, 6) is -2.27. The van der Waals surface area contributed by atoms with Gasteiger partial charge in [0.05, 0.1) is 29.9 Å². The fraction of sp³-hybridized carbons (Fsp3) is 0.294. The predicted octanol–water partition coefficient (Wildman–Crippen LogP) is 5.91. The van der Waals surface area contributed by atoms with Crippen molar-refractivity contribution in [3.8, 4) is 22.4 Å². The molecule has 0 radical (unpaired) electrons. The van der Waals surface area contributed by atoms with Crippen LogP contribution in [0.5, 0.6) is 0 Å². The second-order valence-electron chi connectivity index (χ2n) is 11.1. The second-order valence-corrected chi connectivity index (χ2v) is 11.1. The number of ketones is 1. The van der Waals surface area contributed by atoms with Crippen LogP contribution in [0.25, 0.3) is 22.4 Å². The molecule has 10 heteroatoms. The third-order valence-electron chi connectivity index (χ3n) is 7.34. The van der Waals surface area contributed by atoms with Gasteiger partial charge in [0, 0.05) is 47.0 Å². The molecule has 2 aromatic heterocycles. The third-order valence-corrected chi connectivity index (χ3v) is 7.34. The molecule has 9 nitrogen and oxygen atoms in total. The molecule has 4 aromatic rings. The molecule has 0 aliphatic heterocycles. The number of anilines is 1. The van der Waals surface area contributed by atoms with Gasteiger partial charge in [-0.15, -0.1) is 0 Å². The molecule has 2 heterocycles. The van der Waals surface area contributed by atoms with Gasteiger partial charge in [-0.05, 0) is 85.8 Å². The van der Waals surface area contributed by atoms with Gasteiger partial charge in [-0.1, -0.05) is 19.9 Å². The van der Waals surface area contributed by atoms with Crippen molar-refractivity contribution in [3.63, 3.8) is 0 Å². The van der Waals surface area contributed by atoms with E-state index in [1.54, 1.807) is 54.9 Å². The normalized spacial score (nSPS) is 12.6. The topological polar surface area (TPSA) is 142 Å². The summed E-state index contributed by atoms with van der Waals surface area (Å²) in [6.07, 6.45) is 0.570. The third kappa shape index (κ3) is 7.64. The highest BCUT2D eigenvalue weighted by Gasteiger charge is 2.31. The van der Waals surface area contributed by atoms with E-state index >= 15 is 0 Å². The van der Waals surface area contributed by atoms with E-state index in [0.29, 0.717) is 44.9 Å². The van der Waals surface area contributed by atoms with E-state index in [0.717, 1.165) is 0 Å². The number of benzene rings is 2. The van der Waals surface area contributed by atoms with Crippen LogP contribution in [0.4, 0.5) is 10.1 Å². The van der Waals surface area contributed by atoms with Crippen LogP contribution in [0.2, 0.25) is 0 Å². The Morgan fingerprint density at radius 1 is 0.955 bits per heavy atom. The Morgan fingerprint density at radius 3 is 2.20 bits per heavy atom. The molecule has 0 aliphatic rings. The molecule has 0 saturated carbocycles. The Balaban J connectivity index is 1.88. The highest BCUT2D eigenvalue weighted by atomic mass is 19.1. The first-order valence-corrected chi connectivity index (χ1v) is 14.4. The number of aromatic nitrogens is 2. The van der Waals surface area contributed by atoms with Gasteiger partial charge in [0.1, 0.15) is 5.82 Å². The molecule has 0 aliphatic carbocycles. The summed E-state index contributed by atoms with van der Waals surface area (Å²) >= 11 is 0. The van der Waals surface area contributed by atoms with Crippen LogP contribution in [0, 0.1) is 5.82 Å². The maximum absolute atomic E-state index is 14.2. The summed E-state index contributed by atoms with van der Waals surface area (Å²) in [5, 5.41) is 32.8. The maximum Gasteiger partial charge on any atom is 0.305 e. The van der Waals surface area contributed by atoms with Crippen LogP contribution in [0.3, 0.4) is 0 Å². The molecule has 4 rings (SSSR count). The number of aliphatic hydroxyl groups excluding tert-OH is 2. The summed E-state index contributed by atoms with van der Waals surface area (Å²) < 4.78 is 16.0. The smallest absolute Gasteiger partial charge is 0.305 e. The number of carboxylic acids is 1. The van der Waals surface area contributed by atoms with Gasteiger partial charge < -0.3 is 25.2 Å². The lowest BCUT2D eigenvalue weighted by Gasteiger charge is -2.20. The van der Waals surface area contributed by atoms with E-state index < -0.39 is 36.3 Å². The summed E-state index contributed by atoms with van der Waals surface area (Å²) in [4.78, 5) is 41.2. The van der Waals surface area contributed by atoms with Gasteiger partial charge in [-0.2, -0.15) is 0 Å². The first-order valence-electron chi connectivity index (χ1n) is 14.4. The van der Waals surface area contributed by atoms with E-state index in [9.17, 15) is 29.0 Å². The van der Waals surface area contributed by atoms with E-state index in [2.05, 4.69) is 10.3 Å². The summed E-state index contributed by atoms with van der Waals surface area (Å²) in [6.45, 7) is 5.57. The number of halogens is 1. The monoisotopic (exact) mass is 601 g/mol. The number of aliphatic carboxylic acids is 1. The molecular formula is C34H36FN3O6. The minimum absolute atomic E-state index is 0.0949. The quantitative estimate of drug-likeness (QED) is 0.140. The fourth-order valence-electron chi connectivity index (χ4n) is 5.38. The van der Waals surface area contributed by atoms with Crippen molar-refractivity contribution in [2.75, 3.05) is 5.32 Å². The number of Topliss-reactive ketones (excluding diaryl/α,β-unsaturated/α-hetero) is 1. The predicted molar refractivity (Wildman–Crippen MR) is 165 cm³/mol. The number of pyridine rings is 1. The van der Waals surface area contributed by atoms with Crippen molar-refractivity contribution in [1.82, 2.24) is 9.55 Å². The molecule has 0 saturated heterocycles. The SMILES string of the molecule is CC(=O)c1ccc(NC(=O)c2c(-c3cccnc3)c(-c3ccc(F)cc3)n(CC[C@@H](O)C[C@@H](O)CC(=O)O)c2C(C)C)cc1. The number of hydrogen-bond donors (Lipinski definition) is 4. The Hall–Kier alpha value is -4.67. The van der Waals surface area contributed by atoms with E-state index in [-0.39, 0.29) is 31.1 Å². The maximum atomic E-state index is 14.2. The minimum atomic E-state index is -1.21. The molecule has 0 spiro atoms. The van der Waals surface area contributed by atoms with Crippen LogP contribution in [-0.4, -0.2) is 54.7 Å². The van der Waals surface area contributed by atoms with Crippen LogP contribution in [-0.2, 0) is 11.3 Å². The second kappa shape index (κ2) is 14.2. The van der Waals surface area contributed by atoms with Gasteiger partial charge in [0.25, 0.3) is 5.91 Å². The lowest BCUT2D eigenvalue weighted by Crippen LogP contribution is -2.22. The number of amides is 1. The Bertz CT molecular complexity index is 1620. The molecule has 2 atom stereocenters. The minimum Gasteiger partial charge on any atom is -0.481 e. The molecule has 230 valence electrons. The molecule has 44 heavy (non-hydrogen) atoms. The zero-order valence-electron chi connectivity index (χ0n) is 24.8. The van der Waals surface area contributed by atoms with Gasteiger partial charge in [-0.25, -0.2) is 4.39 Å². The first-order chi connectivity index (χ1) is 21.0. The van der Waals surface area contributed by atoms with Crippen molar-refractivity contribution in [2.45, 2.75) is 64.7 Å².